The quantitative estimate of drug-likeness (QED) is 0.476. The van der Waals surface area contributed by atoms with Crippen molar-refractivity contribution in [2.24, 2.45) is 0 Å². The van der Waals surface area contributed by atoms with Gasteiger partial charge in [0.1, 0.15) is 0 Å². The second-order valence-electron chi connectivity index (χ2n) is 4.95. The van der Waals surface area contributed by atoms with E-state index >= 15 is 0 Å². The molecule has 0 aromatic carbocycles. The van der Waals surface area contributed by atoms with Crippen LogP contribution in [0.1, 0.15) is 41.5 Å². The Labute approximate surface area is 116 Å². The molecule has 0 amide bonds. The van der Waals surface area contributed by atoms with Gasteiger partial charge in [-0.15, -0.1) is 0 Å². The molecule has 0 heterocycles. The van der Waals surface area contributed by atoms with Gasteiger partial charge in [-0.2, -0.15) is 0 Å². The van der Waals surface area contributed by atoms with Crippen molar-refractivity contribution in [2.75, 3.05) is 6.61 Å². The van der Waals surface area contributed by atoms with Gasteiger partial charge in [0.15, 0.2) is 11.4 Å². The normalized spacial score (nSPS) is 14.7. The Bertz CT molecular complexity index is 331. The fraction of sp³-hybridized carbons (Fsp3) is 0.667. The molecule has 1 unspecified atom stereocenters. The molecule has 0 aliphatic rings. The molecule has 0 aromatic rings. The highest BCUT2D eigenvalue weighted by atomic mass is 16.5. The topological polar surface area (TPSA) is 44.8 Å². The first-order valence-corrected chi connectivity index (χ1v) is 6.60. The molecule has 0 spiro atoms. The van der Waals surface area contributed by atoms with Crippen LogP contribution >= 0.6 is 0 Å². The van der Waals surface area contributed by atoms with Crippen LogP contribution in [-0.2, 0) is 19.0 Å². The fourth-order valence-electron chi connectivity index (χ4n) is 1.43. The Morgan fingerprint density at radius 3 is 2.26 bits per heavy atom. The highest BCUT2D eigenvalue weighted by Gasteiger charge is 2.34. The lowest BCUT2D eigenvalue weighted by Gasteiger charge is -2.26. The van der Waals surface area contributed by atoms with E-state index in [-0.39, 0.29) is 23.8 Å². The van der Waals surface area contributed by atoms with Crippen LogP contribution in [-0.4, -0.2) is 30.2 Å². The minimum Gasteiger partial charge on any atom is -0.499 e. The lowest BCUT2D eigenvalue weighted by molar-refractivity contribution is -0.136. The molecule has 1 atom stereocenters. The standard InChI is InChI=1S/C15H26O4/c1-8-18-15(7,9-10-17-11(2)3)14(16)13(6)19-12(4)5/h9-12H,6,8H2,1-5,7H3. The average molecular weight is 270 g/mol. The summed E-state index contributed by atoms with van der Waals surface area (Å²) in [5.41, 5.74) is -1.12. The third-order valence-corrected chi connectivity index (χ3v) is 2.26. The molecule has 0 aliphatic carbocycles. The van der Waals surface area contributed by atoms with Gasteiger partial charge >= 0.3 is 0 Å². The number of hydrogen-bond donors (Lipinski definition) is 0. The van der Waals surface area contributed by atoms with E-state index < -0.39 is 5.60 Å². The number of ketones is 1. The minimum absolute atomic E-state index is 0.0485. The lowest BCUT2D eigenvalue weighted by Crippen LogP contribution is -2.38. The van der Waals surface area contributed by atoms with Gasteiger partial charge in [0.25, 0.3) is 0 Å². The largest absolute Gasteiger partial charge is 0.499 e. The summed E-state index contributed by atoms with van der Waals surface area (Å²) in [5, 5.41) is 0. The Kier molecular flexibility index (Phi) is 7.45. The molecule has 0 radical (unpaired) electrons. The van der Waals surface area contributed by atoms with Crippen LogP contribution in [0.5, 0.6) is 0 Å². The van der Waals surface area contributed by atoms with Crippen molar-refractivity contribution in [1.29, 1.82) is 0 Å². The van der Waals surface area contributed by atoms with Gasteiger partial charge in [0.05, 0.1) is 18.5 Å². The van der Waals surface area contributed by atoms with Crippen molar-refractivity contribution in [3.8, 4) is 0 Å². The molecule has 4 heteroatoms. The van der Waals surface area contributed by atoms with Crippen molar-refractivity contribution >= 4 is 5.78 Å². The summed E-state index contributed by atoms with van der Waals surface area (Å²) in [6, 6.07) is 0. The third-order valence-electron chi connectivity index (χ3n) is 2.26. The number of hydrogen-bond acceptors (Lipinski definition) is 4. The molecule has 0 bridgehead atoms. The zero-order valence-corrected chi connectivity index (χ0v) is 12.9. The first-order valence-electron chi connectivity index (χ1n) is 6.60. The van der Waals surface area contributed by atoms with Crippen molar-refractivity contribution in [3.63, 3.8) is 0 Å². The van der Waals surface area contributed by atoms with Gasteiger partial charge in [-0.05, 0) is 47.6 Å². The van der Waals surface area contributed by atoms with E-state index in [1.807, 2.05) is 34.6 Å². The third kappa shape index (κ3) is 6.43. The Hall–Kier alpha value is -1.29. The van der Waals surface area contributed by atoms with Crippen LogP contribution in [0, 0.1) is 0 Å². The molecule has 0 N–H and O–H groups in total. The number of carbonyl (C=O) groups is 1. The highest BCUT2D eigenvalue weighted by Crippen LogP contribution is 2.20. The molecular formula is C15H26O4. The summed E-state index contributed by atoms with van der Waals surface area (Å²) >= 11 is 0. The van der Waals surface area contributed by atoms with Gasteiger partial charge < -0.3 is 14.2 Å². The molecule has 0 aliphatic heterocycles. The number of carbonyl (C=O) groups excluding carboxylic acids is 1. The van der Waals surface area contributed by atoms with Gasteiger partial charge in [-0.1, -0.05) is 6.58 Å². The minimum atomic E-state index is -1.12. The van der Waals surface area contributed by atoms with Crippen LogP contribution in [0.3, 0.4) is 0 Å². The maximum absolute atomic E-state index is 12.3. The Morgan fingerprint density at radius 2 is 1.84 bits per heavy atom. The fourth-order valence-corrected chi connectivity index (χ4v) is 1.43. The van der Waals surface area contributed by atoms with Crippen LogP contribution < -0.4 is 0 Å². The smallest absolute Gasteiger partial charge is 0.232 e. The first kappa shape index (κ1) is 17.7. The number of rotatable bonds is 9. The molecule has 19 heavy (non-hydrogen) atoms. The van der Waals surface area contributed by atoms with Crippen molar-refractivity contribution in [2.45, 2.75) is 59.4 Å². The number of ether oxygens (including phenoxy) is 3. The maximum Gasteiger partial charge on any atom is 0.232 e. The Morgan fingerprint density at radius 1 is 1.26 bits per heavy atom. The summed E-state index contributed by atoms with van der Waals surface area (Å²) < 4.78 is 16.2. The van der Waals surface area contributed by atoms with Crippen molar-refractivity contribution < 1.29 is 19.0 Å². The SMILES string of the molecule is C=C(OC(C)C)C(=O)C(C)(C=COC(C)C)OCC. The first-order chi connectivity index (χ1) is 8.73. The molecule has 110 valence electrons. The predicted molar refractivity (Wildman–Crippen MR) is 75.8 cm³/mol. The summed E-state index contributed by atoms with van der Waals surface area (Å²) in [5.74, 6) is -0.202. The van der Waals surface area contributed by atoms with E-state index in [1.54, 1.807) is 13.0 Å². The van der Waals surface area contributed by atoms with Gasteiger partial charge in [0.2, 0.25) is 5.78 Å². The number of Topliss-reactive ketones (excluding diaryl/α,β-unsaturated/α-hetero) is 1. The summed E-state index contributed by atoms with van der Waals surface area (Å²) in [6.07, 6.45) is 3.03. The van der Waals surface area contributed by atoms with E-state index in [1.165, 1.54) is 6.26 Å². The van der Waals surface area contributed by atoms with Gasteiger partial charge in [-0.3, -0.25) is 4.79 Å². The van der Waals surface area contributed by atoms with E-state index in [2.05, 4.69) is 6.58 Å². The molecule has 0 rings (SSSR count). The van der Waals surface area contributed by atoms with Crippen LogP contribution in [0.2, 0.25) is 0 Å². The lowest BCUT2D eigenvalue weighted by atomic mass is 9.99. The van der Waals surface area contributed by atoms with Gasteiger partial charge in [-0.25, -0.2) is 0 Å². The van der Waals surface area contributed by atoms with E-state index in [0.29, 0.717) is 6.61 Å². The molecule has 0 saturated heterocycles. The molecule has 4 nitrogen and oxygen atoms in total. The van der Waals surface area contributed by atoms with Crippen molar-refractivity contribution in [1.82, 2.24) is 0 Å². The summed E-state index contributed by atoms with van der Waals surface area (Å²) in [6.45, 7) is 15.1. The second kappa shape index (κ2) is 8.00. The molecule has 0 fully saturated rings. The van der Waals surface area contributed by atoms with Gasteiger partial charge in [0, 0.05) is 6.61 Å². The van der Waals surface area contributed by atoms with Crippen LogP contribution in [0.25, 0.3) is 0 Å². The summed E-state index contributed by atoms with van der Waals surface area (Å²) in [7, 11) is 0. The second-order valence-corrected chi connectivity index (χ2v) is 4.95. The molecule has 0 saturated carbocycles. The highest BCUT2D eigenvalue weighted by molar-refractivity contribution is 6.01. The van der Waals surface area contributed by atoms with Crippen LogP contribution in [0.15, 0.2) is 24.7 Å². The monoisotopic (exact) mass is 270 g/mol. The van der Waals surface area contributed by atoms with Crippen LogP contribution in [0.4, 0.5) is 0 Å². The van der Waals surface area contributed by atoms with E-state index in [0.717, 1.165) is 0 Å². The van der Waals surface area contributed by atoms with E-state index in [9.17, 15) is 4.79 Å². The average Bonchev–Trinajstić information content (AvgIpc) is 2.26. The van der Waals surface area contributed by atoms with Crippen molar-refractivity contribution in [3.05, 3.63) is 24.7 Å². The Balaban J connectivity index is 4.90. The zero-order chi connectivity index (χ0) is 15.1. The molecule has 0 aromatic heterocycles. The van der Waals surface area contributed by atoms with E-state index in [4.69, 9.17) is 14.2 Å². The predicted octanol–water partition coefficient (Wildman–Crippen LogP) is 3.23. The zero-order valence-electron chi connectivity index (χ0n) is 12.9. The molecular weight excluding hydrogens is 244 g/mol. The maximum atomic E-state index is 12.3. The summed E-state index contributed by atoms with van der Waals surface area (Å²) in [4.78, 5) is 12.3.